The number of nitrogens with zero attached hydrogens (tertiary/aromatic N) is 1. The first-order valence-electron chi connectivity index (χ1n) is 6.00. The Hall–Kier alpha value is -1.58. The molecule has 4 heteroatoms. The molecule has 2 aromatic heterocycles. The average Bonchev–Trinajstić information content (AvgIpc) is 3.02. The number of hydrogen-bond donors (Lipinski definition) is 0. The molecule has 96 valence electrons. The minimum Gasteiger partial charge on any atom is -0.454 e. The zero-order chi connectivity index (χ0) is 13.2. The highest BCUT2D eigenvalue weighted by Gasteiger charge is 2.09. The lowest BCUT2D eigenvalue weighted by Crippen LogP contribution is -1.79. The monoisotopic (exact) mass is 289 g/mol. The van der Waals surface area contributed by atoms with Crippen molar-refractivity contribution in [2.24, 2.45) is 0 Å². The van der Waals surface area contributed by atoms with Gasteiger partial charge in [-0.1, -0.05) is 18.2 Å². The normalized spacial score (nSPS) is 13.4. The fourth-order valence-corrected chi connectivity index (χ4v) is 2.76. The van der Waals surface area contributed by atoms with Gasteiger partial charge in [0.15, 0.2) is 10.8 Å². The lowest BCUT2D eigenvalue weighted by molar-refractivity contribution is 0.571. The largest absolute Gasteiger partial charge is 0.454 e. The van der Waals surface area contributed by atoms with Crippen LogP contribution in [0.15, 0.2) is 46.9 Å². The quantitative estimate of drug-likeness (QED) is 0.620. The van der Waals surface area contributed by atoms with Crippen molar-refractivity contribution >= 4 is 39.2 Å². The summed E-state index contributed by atoms with van der Waals surface area (Å²) < 4.78 is 6.92. The van der Waals surface area contributed by atoms with Crippen LogP contribution in [0.3, 0.4) is 0 Å². The van der Waals surface area contributed by atoms with Gasteiger partial charge in [0, 0.05) is 5.38 Å². The van der Waals surface area contributed by atoms with E-state index in [-0.39, 0.29) is 5.38 Å². The van der Waals surface area contributed by atoms with Crippen LogP contribution in [0, 0.1) is 0 Å². The first kappa shape index (κ1) is 12.5. The van der Waals surface area contributed by atoms with Crippen molar-refractivity contribution in [1.29, 1.82) is 0 Å². The molecule has 0 aliphatic carbocycles. The zero-order valence-corrected chi connectivity index (χ0v) is 11.9. The maximum atomic E-state index is 5.87. The molecule has 3 aromatic rings. The molecular weight excluding hydrogens is 278 g/mol. The Bertz CT molecular complexity index is 693. The highest BCUT2D eigenvalue weighted by atomic mass is 35.5. The van der Waals surface area contributed by atoms with Crippen LogP contribution in [0.4, 0.5) is 0 Å². The van der Waals surface area contributed by atoms with E-state index in [1.165, 1.54) is 4.70 Å². The van der Waals surface area contributed by atoms with Crippen molar-refractivity contribution in [1.82, 2.24) is 4.98 Å². The lowest BCUT2D eigenvalue weighted by Gasteiger charge is -1.90. The van der Waals surface area contributed by atoms with E-state index in [0.29, 0.717) is 0 Å². The molecule has 0 aliphatic rings. The van der Waals surface area contributed by atoms with Crippen LogP contribution in [-0.4, -0.2) is 10.4 Å². The molecular formula is C15H12ClNOS. The number of hydrogen-bond acceptors (Lipinski definition) is 3. The maximum absolute atomic E-state index is 5.87. The lowest BCUT2D eigenvalue weighted by atomic mass is 10.3. The number of alkyl halides is 1. The molecule has 3 rings (SSSR count). The summed E-state index contributed by atoms with van der Waals surface area (Å²) in [5.74, 6) is 1.59. The Balaban J connectivity index is 1.93. The molecule has 0 fully saturated rings. The molecule has 2 heterocycles. The van der Waals surface area contributed by atoms with E-state index >= 15 is 0 Å². The van der Waals surface area contributed by atoms with E-state index in [9.17, 15) is 0 Å². The minimum atomic E-state index is -0.00370. The summed E-state index contributed by atoms with van der Waals surface area (Å²) in [7, 11) is 0. The number of allylic oxidation sites excluding steroid dienone is 1. The summed E-state index contributed by atoms with van der Waals surface area (Å²) in [5.41, 5.74) is 1.00. The van der Waals surface area contributed by atoms with E-state index in [2.05, 4.69) is 11.1 Å². The summed E-state index contributed by atoms with van der Waals surface area (Å²) >= 11 is 7.50. The number of halogens is 1. The van der Waals surface area contributed by atoms with Gasteiger partial charge >= 0.3 is 0 Å². The molecule has 0 radical (unpaired) electrons. The topological polar surface area (TPSA) is 26.0 Å². The van der Waals surface area contributed by atoms with Gasteiger partial charge in [-0.15, -0.1) is 22.9 Å². The molecule has 19 heavy (non-hydrogen) atoms. The van der Waals surface area contributed by atoms with Crippen molar-refractivity contribution in [2.75, 3.05) is 0 Å². The van der Waals surface area contributed by atoms with Crippen LogP contribution in [-0.2, 0) is 0 Å². The molecule has 0 bridgehead atoms. The summed E-state index contributed by atoms with van der Waals surface area (Å²) in [6.07, 6.45) is 3.77. The van der Waals surface area contributed by atoms with Crippen LogP contribution < -0.4 is 0 Å². The zero-order valence-electron chi connectivity index (χ0n) is 10.3. The second-order valence-corrected chi connectivity index (χ2v) is 5.94. The van der Waals surface area contributed by atoms with E-state index in [1.54, 1.807) is 11.3 Å². The van der Waals surface area contributed by atoms with E-state index in [1.807, 2.05) is 49.4 Å². The molecule has 2 nitrogen and oxygen atoms in total. The van der Waals surface area contributed by atoms with Gasteiger partial charge < -0.3 is 4.42 Å². The molecule has 0 saturated heterocycles. The van der Waals surface area contributed by atoms with Crippen molar-refractivity contribution in [3.63, 3.8) is 0 Å². The summed E-state index contributed by atoms with van der Waals surface area (Å²) in [4.78, 5) is 4.57. The molecule has 1 unspecified atom stereocenters. The van der Waals surface area contributed by atoms with E-state index in [0.717, 1.165) is 22.0 Å². The smallest absolute Gasteiger partial charge is 0.163 e. The Labute approximate surface area is 120 Å². The van der Waals surface area contributed by atoms with Crippen molar-refractivity contribution in [3.05, 3.63) is 48.2 Å². The average molecular weight is 290 g/mol. The fraction of sp³-hybridized carbons (Fsp3) is 0.133. The van der Waals surface area contributed by atoms with Gasteiger partial charge in [-0.25, -0.2) is 4.98 Å². The van der Waals surface area contributed by atoms with Gasteiger partial charge in [0.2, 0.25) is 0 Å². The predicted molar refractivity (Wildman–Crippen MR) is 81.7 cm³/mol. The van der Waals surface area contributed by atoms with Crippen molar-refractivity contribution < 1.29 is 4.42 Å². The Kier molecular flexibility index (Phi) is 3.40. The van der Waals surface area contributed by atoms with E-state index < -0.39 is 0 Å². The van der Waals surface area contributed by atoms with Gasteiger partial charge in [0.1, 0.15) is 5.76 Å². The van der Waals surface area contributed by atoms with Crippen LogP contribution in [0.1, 0.15) is 12.7 Å². The van der Waals surface area contributed by atoms with Gasteiger partial charge in [-0.05, 0) is 37.3 Å². The molecule has 1 atom stereocenters. The highest BCUT2D eigenvalue weighted by Crippen LogP contribution is 2.31. The van der Waals surface area contributed by atoms with Crippen molar-refractivity contribution in [3.8, 4) is 10.8 Å². The number of thiazole rings is 1. The van der Waals surface area contributed by atoms with Gasteiger partial charge in [-0.2, -0.15) is 0 Å². The standard InChI is InChI=1S/C15H12ClNOS/c1-10(16)6-7-11-8-9-13(18-11)15-17-12-4-2-3-5-14(12)19-15/h2-10H,1H3/b7-6+. The Morgan fingerprint density at radius 1 is 1.26 bits per heavy atom. The molecule has 0 spiro atoms. The number of furan rings is 1. The number of para-hydroxylation sites is 1. The molecule has 0 N–H and O–H groups in total. The van der Waals surface area contributed by atoms with Crippen LogP contribution in [0.5, 0.6) is 0 Å². The van der Waals surface area contributed by atoms with Crippen LogP contribution >= 0.6 is 22.9 Å². The van der Waals surface area contributed by atoms with Gasteiger partial charge in [0.25, 0.3) is 0 Å². The third-order valence-electron chi connectivity index (χ3n) is 2.66. The number of benzene rings is 1. The predicted octanol–water partition coefficient (Wildman–Crippen LogP) is 5.20. The van der Waals surface area contributed by atoms with Gasteiger partial charge in [-0.3, -0.25) is 0 Å². The number of rotatable bonds is 3. The Morgan fingerprint density at radius 3 is 2.89 bits per heavy atom. The third kappa shape index (κ3) is 2.72. The maximum Gasteiger partial charge on any atom is 0.163 e. The molecule has 0 aliphatic heterocycles. The van der Waals surface area contributed by atoms with Crippen LogP contribution in [0.25, 0.3) is 27.1 Å². The number of aromatic nitrogens is 1. The first-order valence-corrected chi connectivity index (χ1v) is 7.26. The van der Waals surface area contributed by atoms with E-state index in [4.69, 9.17) is 16.0 Å². The molecule has 0 saturated carbocycles. The summed E-state index contributed by atoms with van der Waals surface area (Å²) in [6, 6.07) is 11.9. The minimum absolute atomic E-state index is 0.00370. The fourth-order valence-electron chi connectivity index (χ4n) is 1.76. The first-order chi connectivity index (χ1) is 9.22. The summed E-state index contributed by atoms with van der Waals surface area (Å²) in [5, 5.41) is 0.899. The second kappa shape index (κ2) is 5.19. The summed E-state index contributed by atoms with van der Waals surface area (Å²) in [6.45, 7) is 1.91. The van der Waals surface area contributed by atoms with Crippen LogP contribution in [0.2, 0.25) is 0 Å². The second-order valence-electron chi connectivity index (χ2n) is 4.23. The Morgan fingerprint density at radius 2 is 2.11 bits per heavy atom. The molecule has 1 aromatic carbocycles. The highest BCUT2D eigenvalue weighted by molar-refractivity contribution is 7.21. The SMILES string of the molecule is CC(Cl)/C=C/c1ccc(-c2nc3ccccc3s2)o1. The number of fused-ring (bicyclic) bond motifs is 1. The third-order valence-corrected chi connectivity index (χ3v) is 3.85. The molecule has 0 amide bonds. The van der Waals surface area contributed by atoms with Crippen molar-refractivity contribution in [2.45, 2.75) is 12.3 Å². The van der Waals surface area contributed by atoms with Gasteiger partial charge in [0.05, 0.1) is 10.2 Å².